The van der Waals surface area contributed by atoms with E-state index in [1.807, 2.05) is 42.2 Å². The van der Waals surface area contributed by atoms with E-state index in [2.05, 4.69) is 25.4 Å². The number of anilines is 1. The standard InChI is InChI=1S/C19H21N7O2/c1-2-28-17-9-8-15(14-20-17)18(27)24-10-12-25(13-11-24)19-21-22-23-26(19)16-6-4-3-5-7-16/h3-9,14H,2,10-13H2,1H3. The Hall–Kier alpha value is -3.49. The summed E-state index contributed by atoms with van der Waals surface area (Å²) < 4.78 is 7.04. The first-order valence-corrected chi connectivity index (χ1v) is 9.23. The summed E-state index contributed by atoms with van der Waals surface area (Å²) in [5, 5.41) is 12.1. The van der Waals surface area contributed by atoms with Crippen LogP contribution in [0.1, 0.15) is 17.3 Å². The van der Waals surface area contributed by atoms with Gasteiger partial charge in [-0.25, -0.2) is 4.98 Å². The van der Waals surface area contributed by atoms with E-state index in [1.165, 1.54) is 0 Å². The molecule has 0 bridgehead atoms. The number of piperazine rings is 1. The number of para-hydroxylation sites is 1. The summed E-state index contributed by atoms with van der Waals surface area (Å²) in [5.41, 5.74) is 1.47. The minimum Gasteiger partial charge on any atom is -0.478 e. The predicted octanol–water partition coefficient (Wildman–Crippen LogP) is 1.42. The Kier molecular flexibility index (Phi) is 5.14. The second kappa shape index (κ2) is 8.03. The van der Waals surface area contributed by atoms with E-state index in [9.17, 15) is 4.79 Å². The summed E-state index contributed by atoms with van der Waals surface area (Å²) in [6.07, 6.45) is 1.57. The first-order valence-electron chi connectivity index (χ1n) is 9.23. The van der Waals surface area contributed by atoms with Gasteiger partial charge in [-0.2, -0.15) is 4.68 Å². The molecule has 3 heterocycles. The minimum absolute atomic E-state index is 0.0298. The van der Waals surface area contributed by atoms with Crippen LogP contribution in [-0.4, -0.2) is 68.8 Å². The maximum Gasteiger partial charge on any atom is 0.255 e. The molecule has 0 saturated carbocycles. The molecule has 0 atom stereocenters. The van der Waals surface area contributed by atoms with Gasteiger partial charge in [-0.15, -0.1) is 0 Å². The fraction of sp³-hybridized carbons (Fsp3) is 0.316. The Morgan fingerprint density at radius 3 is 2.54 bits per heavy atom. The topological polar surface area (TPSA) is 89.3 Å². The van der Waals surface area contributed by atoms with E-state index in [1.54, 1.807) is 23.0 Å². The van der Waals surface area contributed by atoms with Crippen LogP contribution in [0.2, 0.25) is 0 Å². The van der Waals surface area contributed by atoms with Crippen molar-refractivity contribution < 1.29 is 9.53 Å². The minimum atomic E-state index is -0.0298. The van der Waals surface area contributed by atoms with Crippen LogP contribution in [0.3, 0.4) is 0 Å². The van der Waals surface area contributed by atoms with Crippen LogP contribution in [0.15, 0.2) is 48.7 Å². The second-order valence-corrected chi connectivity index (χ2v) is 6.32. The molecule has 0 radical (unpaired) electrons. The molecule has 9 heteroatoms. The number of hydrogen-bond acceptors (Lipinski definition) is 7. The van der Waals surface area contributed by atoms with E-state index in [0.29, 0.717) is 50.2 Å². The number of rotatable bonds is 5. The Labute approximate surface area is 162 Å². The van der Waals surface area contributed by atoms with Gasteiger partial charge >= 0.3 is 0 Å². The molecule has 28 heavy (non-hydrogen) atoms. The van der Waals surface area contributed by atoms with Crippen LogP contribution >= 0.6 is 0 Å². The Balaban J connectivity index is 1.41. The first-order chi connectivity index (χ1) is 13.8. The SMILES string of the molecule is CCOc1ccc(C(=O)N2CCN(c3nnnn3-c3ccccc3)CC2)cn1. The van der Waals surface area contributed by atoms with Crippen LogP contribution in [-0.2, 0) is 0 Å². The number of pyridine rings is 1. The summed E-state index contributed by atoms with van der Waals surface area (Å²) in [4.78, 5) is 20.8. The second-order valence-electron chi connectivity index (χ2n) is 6.32. The first kappa shape index (κ1) is 17.9. The average Bonchev–Trinajstić information content (AvgIpc) is 3.25. The van der Waals surface area contributed by atoms with Gasteiger partial charge in [0.1, 0.15) is 0 Å². The molecule has 0 aliphatic carbocycles. The Morgan fingerprint density at radius 2 is 1.86 bits per heavy atom. The van der Waals surface area contributed by atoms with Crippen LogP contribution < -0.4 is 9.64 Å². The molecule has 144 valence electrons. The van der Waals surface area contributed by atoms with Gasteiger partial charge in [0.2, 0.25) is 11.8 Å². The van der Waals surface area contributed by atoms with Crippen molar-refractivity contribution in [2.45, 2.75) is 6.92 Å². The monoisotopic (exact) mass is 379 g/mol. The van der Waals surface area contributed by atoms with Crippen LogP contribution in [0.25, 0.3) is 5.69 Å². The lowest BCUT2D eigenvalue weighted by Gasteiger charge is -2.34. The van der Waals surface area contributed by atoms with Crippen molar-refractivity contribution in [2.75, 3.05) is 37.7 Å². The van der Waals surface area contributed by atoms with Crippen LogP contribution in [0, 0.1) is 0 Å². The zero-order valence-electron chi connectivity index (χ0n) is 15.6. The fourth-order valence-corrected chi connectivity index (χ4v) is 3.15. The molecule has 3 aromatic rings. The Morgan fingerprint density at radius 1 is 1.07 bits per heavy atom. The summed E-state index contributed by atoms with van der Waals surface area (Å²) in [6.45, 7) is 4.94. The highest BCUT2D eigenvalue weighted by atomic mass is 16.5. The van der Waals surface area contributed by atoms with Crippen molar-refractivity contribution in [3.63, 3.8) is 0 Å². The summed E-state index contributed by atoms with van der Waals surface area (Å²) >= 11 is 0. The number of amides is 1. The lowest BCUT2D eigenvalue weighted by molar-refractivity contribution is 0.0745. The molecular formula is C19H21N7O2. The normalized spacial score (nSPS) is 14.2. The molecule has 1 aliphatic heterocycles. The molecule has 0 N–H and O–H groups in total. The number of tetrazole rings is 1. The molecule has 1 aromatic carbocycles. The van der Waals surface area contributed by atoms with Crippen molar-refractivity contribution in [1.82, 2.24) is 30.1 Å². The lowest BCUT2D eigenvalue weighted by atomic mass is 10.2. The molecule has 2 aromatic heterocycles. The lowest BCUT2D eigenvalue weighted by Crippen LogP contribution is -2.49. The number of benzene rings is 1. The highest BCUT2D eigenvalue weighted by molar-refractivity contribution is 5.94. The summed E-state index contributed by atoms with van der Waals surface area (Å²) in [5.74, 6) is 1.18. The van der Waals surface area contributed by atoms with Crippen LogP contribution in [0.4, 0.5) is 5.95 Å². The van der Waals surface area contributed by atoms with Crippen LogP contribution in [0.5, 0.6) is 5.88 Å². The van der Waals surface area contributed by atoms with Gasteiger partial charge in [0, 0.05) is 38.4 Å². The Bertz CT molecular complexity index is 919. The molecule has 1 saturated heterocycles. The number of ether oxygens (including phenoxy) is 1. The van der Waals surface area contributed by atoms with Gasteiger partial charge in [-0.3, -0.25) is 4.79 Å². The van der Waals surface area contributed by atoms with E-state index in [-0.39, 0.29) is 5.91 Å². The van der Waals surface area contributed by atoms with E-state index < -0.39 is 0 Å². The van der Waals surface area contributed by atoms with Crippen molar-refractivity contribution >= 4 is 11.9 Å². The van der Waals surface area contributed by atoms with Gasteiger partial charge < -0.3 is 14.5 Å². The highest BCUT2D eigenvalue weighted by Crippen LogP contribution is 2.18. The number of carbonyl (C=O) groups is 1. The molecule has 9 nitrogen and oxygen atoms in total. The molecule has 0 spiro atoms. The third-order valence-electron chi connectivity index (χ3n) is 4.58. The zero-order chi connectivity index (χ0) is 19.3. The van der Waals surface area contributed by atoms with E-state index in [0.717, 1.165) is 5.69 Å². The fourth-order valence-electron chi connectivity index (χ4n) is 3.15. The highest BCUT2D eigenvalue weighted by Gasteiger charge is 2.25. The third-order valence-corrected chi connectivity index (χ3v) is 4.58. The predicted molar refractivity (Wildman–Crippen MR) is 103 cm³/mol. The number of aromatic nitrogens is 5. The molecule has 1 amide bonds. The quantitative estimate of drug-likeness (QED) is 0.662. The largest absolute Gasteiger partial charge is 0.478 e. The number of hydrogen-bond donors (Lipinski definition) is 0. The van der Waals surface area contributed by atoms with Gasteiger partial charge in [-0.1, -0.05) is 23.3 Å². The molecule has 0 unspecified atom stereocenters. The third kappa shape index (κ3) is 3.64. The molecule has 1 aliphatic rings. The molecule has 4 rings (SSSR count). The molecular weight excluding hydrogens is 358 g/mol. The van der Waals surface area contributed by atoms with Crippen molar-refractivity contribution in [2.24, 2.45) is 0 Å². The average molecular weight is 379 g/mol. The number of nitrogens with zero attached hydrogens (tertiary/aromatic N) is 7. The molecule has 1 fully saturated rings. The summed E-state index contributed by atoms with van der Waals surface area (Å²) in [7, 11) is 0. The number of carbonyl (C=O) groups excluding carboxylic acids is 1. The summed E-state index contributed by atoms with van der Waals surface area (Å²) in [6, 6.07) is 13.2. The van der Waals surface area contributed by atoms with Crippen molar-refractivity contribution in [3.8, 4) is 11.6 Å². The van der Waals surface area contributed by atoms with Crippen molar-refractivity contribution in [3.05, 3.63) is 54.2 Å². The van der Waals surface area contributed by atoms with Gasteiger partial charge in [0.15, 0.2) is 0 Å². The van der Waals surface area contributed by atoms with E-state index in [4.69, 9.17) is 4.74 Å². The van der Waals surface area contributed by atoms with Gasteiger partial charge in [0.25, 0.3) is 5.91 Å². The van der Waals surface area contributed by atoms with Gasteiger partial charge in [-0.05, 0) is 35.5 Å². The maximum absolute atomic E-state index is 12.7. The smallest absolute Gasteiger partial charge is 0.255 e. The zero-order valence-corrected chi connectivity index (χ0v) is 15.6. The van der Waals surface area contributed by atoms with Gasteiger partial charge in [0.05, 0.1) is 17.9 Å². The maximum atomic E-state index is 12.7. The van der Waals surface area contributed by atoms with E-state index >= 15 is 0 Å². The van der Waals surface area contributed by atoms with Crippen molar-refractivity contribution in [1.29, 1.82) is 0 Å².